The van der Waals surface area contributed by atoms with Gasteiger partial charge in [0.1, 0.15) is 0 Å². The smallest absolute Gasteiger partial charge is 0.261 e. The lowest BCUT2D eigenvalue weighted by atomic mass is 10.0. The fourth-order valence-electron chi connectivity index (χ4n) is 2.70. The molecule has 0 radical (unpaired) electrons. The van der Waals surface area contributed by atoms with E-state index in [-0.39, 0.29) is 17.7 Å². The number of benzene rings is 2. The van der Waals surface area contributed by atoms with Crippen molar-refractivity contribution in [3.05, 3.63) is 93.7 Å². The van der Waals surface area contributed by atoms with Crippen molar-refractivity contribution in [1.29, 1.82) is 0 Å². The van der Waals surface area contributed by atoms with Gasteiger partial charge in [-0.15, -0.1) is 11.3 Å². The highest BCUT2D eigenvalue weighted by molar-refractivity contribution is 7.12. The van der Waals surface area contributed by atoms with Gasteiger partial charge in [-0.2, -0.15) is 0 Å². The summed E-state index contributed by atoms with van der Waals surface area (Å²) in [7, 11) is 0. The zero-order chi connectivity index (χ0) is 19.1. The summed E-state index contributed by atoms with van der Waals surface area (Å²) in [4.78, 5) is 25.0. The van der Waals surface area contributed by atoms with Crippen LogP contribution in [0.25, 0.3) is 0 Å². The molecule has 1 unspecified atom stereocenters. The van der Waals surface area contributed by atoms with E-state index in [4.69, 9.17) is 0 Å². The Morgan fingerprint density at radius 2 is 1.63 bits per heavy atom. The second kappa shape index (κ2) is 9.14. The molecule has 0 aliphatic heterocycles. The van der Waals surface area contributed by atoms with E-state index < -0.39 is 0 Å². The summed E-state index contributed by atoms with van der Waals surface area (Å²) in [6.07, 6.45) is 0. The standard InChI is InChI=1S/C22H22N2O2S/c1-16(18-6-3-2-4-7-18)14-23-21(25)19-11-9-17(10-12-19)15-24-22(26)20-8-5-13-27-20/h2-13,16H,14-15H2,1H3,(H,23,25)(H,24,26). The largest absolute Gasteiger partial charge is 0.351 e. The molecule has 1 heterocycles. The van der Waals surface area contributed by atoms with Crippen molar-refractivity contribution in [3.8, 4) is 0 Å². The Morgan fingerprint density at radius 3 is 2.30 bits per heavy atom. The fraction of sp³-hybridized carbons (Fsp3) is 0.182. The second-order valence-corrected chi connectivity index (χ2v) is 7.33. The van der Waals surface area contributed by atoms with Gasteiger partial charge in [0.2, 0.25) is 0 Å². The minimum atomic E-state index is -0.0908. The number of nitrogens with one attached hydrogen (secondary N) is 2. The number of carbonyl (C=O) groups is 2. The van der Waals surface area contributed by atoms with Crippen molar-refractivity contribution in [3.63, 3.8) is 0 Å². The van der Waals surface area contributed by atoms with E-state index in [1.165, 1.54) is 16.9 Å². The first-order valence-electron chi connectivity index (χ1n) is 8.87. The van der Waals surface area contributed by atoms with Crippen LogP contribution in [0.15, 0.2) is 72.1 Å². The van der Waals surface area contributed by atoms with E-state index in [1.807, 2.05) is 41.8 Å². The van der Waals surface area contributed by atoms with Gasteiger partial charge in [0, 0.05) is 18.7 Å². The Balaban J connectivity index is 1.49. The highest BCUT2D eigenvalue weighted by atomic mass is 32.1. The summed E-state index contributed by atoms with van der Waals surface area (Å²) in [6.45, 7) is 3.11. The first-order chi connectivity index (χ1) is 13.1. The minimum absolute atomic E-state index is 0.0817. The normalized spacial score (nSPS) is 11.6. The predicted molar refractivity (Wildman–Crippen MR) is 109 cm³/mol. The fourth-order valence-corrected chi connectivity index (χ4v) is 3.34. The topological polar surface area (TPSA) is 58.2 Å². The Labute approximate surface area is 163 Å². The molecule has 1 atom stereocenters. The van der Waals surface area contributed by atoms with Crippen LogP contribution >= 0.6 is 11.3 Å². The number of rotatable bonds is 7. The monoisotopic (exact) mass is 378 g/mol. The van der Waals surface area contributed by atoms with E-state index >= 15 is 0 Å². The summed E-state index contributed by atoms with van der Waals surface area (Å²) in [5.41, 5.74) is 2.77. The van der Waals surface area contributed by atoms with Crippen LogP contribution in [-0.4, -0.2) is 18.4 Å². The van der Waals surface area contributed by atoms with Crippen LogP contribution in [0, 0.1) is 0 Å². The summed E-state index contributed by atoms with van der Waals surface area (Å²) in [6, 6.07) is 21.1. The van der Waals surface area contributed by atoms with Gasteiger partial charge in [-0.05, 0) is 40.6 Å². The highest BCUT2D eigenvalue weighted by Gasteiger charge is 2.10. The van der Waals surface area contributed by atoms with Crippen molar-refractivity contribution >= 4 is 23.2 Å². The molecule has 27 heavy (non-hydrogen) atoms. The quantitative estimate of drug-likeness (QED) is 0.647. The van der Waals surface area contributed by atoms with Gasteiger partial charge >= 0.3 is 0 Å². The summed E-state index contributed by atoms with van der Waals surface area (Å²) in [5, 5.41) is 7.73. The first kappa shape index (κ1) is 18.9. The lowest BCUT2D eigenvalue weighted by Crippen LogP contribution is -2.27. The number of amides is 2. The van der Waals surface area contributed by atoms with Gasteiger partial charge < -0.3 is 10.6 Å². The lowest BCUT2D eigenvalue weighted by molar-refractivity contribution is 0.0944. The maximum Gasteiger partial charge on any atom is 0.261 e. The van der Waals surface area contributed by atoms with Crippen LogP contribution in [0.2, 0.25) is 0 Å². The number of carbonyl (C=O) groups excluding carboxylic acids is 2. The van der Waals surface area contributed by atoms with E-state index in [0.29, 0.717) is 23.5 Å². The second-order valence-electron chi connectivity index (χ2n) is 6.38. The van der Waals surface area contributed by atoms with Crippen LogP contribution in [0.4, 0.5) is 0 Å². The molecule has 3 rings (SSSR count). The van der Waals surface area contributed by atoms with Crippen LogP contribution in [0.5, 0.6) is 0 Å². The van der Waals surface area contributed by atoms with Gasteiger partial charge in [-0.1, -0.05) is 55.5 Å². The maximum atomic E-state index is 12.3. The SMILES string of the molecule is CC(CNC(=O)c1ccc(CNC(=O)c2cccs2)cc1)c1ccccc1. The van der Waals surface area contributed by atoms with Gasteiger partial charge in [0.15, 0.2) is 0 Å². The molecule has 5 heteroatoms. The summed E-state index contributed by atoms with van der Waals surface area (Å²) >= 11 is 1.41. The van der Waals surface area contributed by atoms with Crippen molar-refractivity contribution in [1.82, 2.24) is 10.6 Å². The molecule has 0 aliphatic rings. The van der Waals surface area contributed by atoms with Gasteiger partial charge in [-0.25, -0.2) is 0 Å². The van der Waals surface area contributed by atoms with Gasteiger partial charge in [-0.3, -0.25) is 9.59 Å². The minimum Gasteiger partial charge on any atom is -0.351 e. The van der Waals surface area contributed by atoms with Crippen molar-refractivity contribution in [2.75, 3.05) is 6.54 Å². The number of hydrogen-bond acceptors (Lipinski definition) is 3. The average molecular weight is 378 g/mol. The Bertz CT molecular complexity index is 874. The molecule has 0 aliphatic carbocycles. The summed E-state index contributed by atoms with van der Waals surface area (Å²) in [5.74, 6) is 0.0792. The third-order valence-corrected chi connectivity index (χ3v) is 5.22. The van der Waals surface area contributed by atoms with Crippen LogP contribution in [0.1, 0.15) is 44.0 Å². The predicted octanol–water partition coefficient (Wildman–Crippen LogP) is 4.21. The Kier molecular flexibility index (Phi) is 6.39. The summed E-state index contributed by atoms with van der Waals surface area (Å²) < 4.78 is 0. The molecule has 2 N–H and O–H groups in total. The molecule has 0 saturated heterocycles. The van der Waals surface area contributed by atoms with E-state index in [9.17, 15) is 9.59 Å². The lowest BCUT2D eigenvalue weighted by Gasteiger charge is -2.13. The molecule has 0 bridgehead atoms. The van der Waals surface area contributed by atoms with Crippen molar-refractivity contribution in [2.45, 2.75) is 19.4 Å². The molecule has 2 amide bonds. The zero-order valence-electron chi connectivity index (χ0n) is 15.1. The molecule has 3 aromatic rings. The molecule has 4 nitrogen and oxygen atoms in total. The maximum absolute atomic E-state index is 12.3. The van der Waals surface area contributed by atoms with Gasteiger partial charge in [0.05, 0.1) is 4.88 Å². The molecule has 0 fully saturated rings. The number of thiophene rings is 1. The Morgan fingerprint density at radius 1 is 0.889 bits per heavy atom. The highest BCUT2D eigenvalue weighted by Crippen LogP contribution is 2.14. The third kappa shape index (κ3) is 5.28. The van der Waals surface area contributed by atoms with E-state index in [0.717, 1.165) is 5.56 Å². The van der Waals surface area contributed by atoms with Crippen LogP contribution in [0.3, 0.4) is 0 Å². The molecule has 1 aromatic heterocycles. The molecule has 0 saturated carbocycles. The molecule has 0 spiro atoms. The van der Waals surface area contributed by atoms with Gasteiger partial charge in [0.25, 0.3) is 11.8 Å². The third-order valence-electron chi connectivity index (χ3n) is 4.35. The Hall–Kier alpha value is -2.92. The van der Waals surface area contributed by atoms with E-state index in [1.54, 1.807) is 18.2 Å². The van der Waals surface area contributed by atoms with E-state index in [2.05, 4.69) is 29.7 Å². The zero-order valence-corrected chi connectivity index (χ0v) is 16.0. The molecular formula is C22H22N2O2S. The molecule has 2 aromatic carbocycles. The van der Waals surface area contributed by atoms with Crippen molar-refractivity contribution < 1.29 is 9.59 Å². The first-order valence-corrected chi connectivity index (χ1v) is 9.75. The molecule has 138 valence electrons. The number of hydrogen-bond donors (Lipinski definition) is 2. The van der Waals surface area contributed by atoms with Crippen LogP contribution in [-0.2, 0) is 6.54 Å². The molecular weight excluding hydrogens is 356 g/mol. The van der Waals surface area contributed by atoms with Crippen LogP contribution < -0.4 is 10.6 Å². The average Bonchev–Trinajstić information content (AvgIpc) is 3.26. The van der Waals surface area contributed by atoms with Crippen molar-refractivity contribution in [2.24, 2.45) is 0 Å².